The van der Waals surface area contributed by atoms with Gasteiger partial charge in [-0.25, -0.2) is 0 Å². The van der Waals surface area contributed by atoms with Crippen LogP contribution < -0.4 is 0 Å². The number of aliphatic hydroxyl groups excluding tert-OH is 1. The third-order valence-corrected chi connectivity index (χ3v) is 4.16. The maximum atomic E-state index is 10.1. The van der Waals surface area contributed by atoms with Crippen LogP contribution in [-0.4, -0.2) is 66.9 Å². The summed E-state index contributed by atoms with van der Waals surface area (Å²) in [5.41, 5.74) is 1.38. The maximum absolute atomic E-state index is 10.1. The molecule has 1 saturated heterocycles. The van der Waals surface area contributed by atoms with Gasteiger partial charge in [-0.1, -0.05) is 44.2 Å². The van der Waals surface area contributed by atoms with Crippen LogP contribution >= 0.6 is 0 Å². The third kappa shape index (κ3) is 7.44. The van der Waals surface area contributed by atoms with Gasteiger partial charge in [-0.15, -0.1) is 0 Å². The van der Waals surface area contributed by atoms with E-state index in [1.54, 1.807) is 0 Å². The second-order valence-corrected chi connectivity index (χ2v) is 7.00. The molecular formula is C19H32N2O2. The van der Waals surface area contributed by atoms with Gasteiger partial charge in [0, 0.05) is 32.8 Å². The highest BCUT2D eigenvalue weighted by Gasteiger charge is 2.17. The van der Waals surface area contributed by atoms with Crippen LogP contribution in [0.5, 0.6) is 0 Å². The van der Waals surface area contributed by atoms with Crippen molar-refractivity contribution in [1.82, 2.24) is 9.80 Å². The summed E-state index contributed by atoms with van der Waals surface area (Å²) >= 11 is 0. The zero-order valence-corrected chi connectivity index (χ0v) is 14.7. The Kier molecular flexibility index (Phi) is 8.03. The van der Waals surface area contributed by atoms with Crippen molar-refractivity contribution in [3.05, 3.63) is 35.9 Å². The molecule has 1 aromatic rings. The first-order valence-electron chi connectivity index (χ1n) is 8.88. The van der Waals surface area contributed by atoms with Gasteiger partial charge in [-0.05, 0) is 31.0 Å². The standard InChI is InChI=1S/C19H32N2O2/c1-17(2)15-23-16-19(22)14-21-10-6-9-20(11-12-21)13-18-7-4-3-5-8-18/h3-5,7-8,17,19,22H,6,9-16H2,1-2H3. The Morgan fingerprint density at radius 2 is 1.70 bits per heavy atom. The van der Waals surface area contributed by atoms with Gasteiger partial charge in [0.2, 0.25) is 0 Å². The molecule has 130 valence electrons. The van der Waals surface area contributed by atoms with Gasteiger partial charge >= 0.3 is 0 Å². The molecule has 1 aromatic carbocycles. The molecule has 1 aliphatic heterocycles. The number of hydrogen-bond acceptors (Lipinski definition) is 4. The summed E-state index contributed by atoms with van der Waals surface area (Å²) in [5, 5.41) is 10.1. The van der Waals surface area contributed by atoms with Gasteiger partial charge < -0.3 is 9.84 Å². The molecule has 2 rings (SSSR count). The van der Waals surface area contributed by atoms with Crippen LogP contribution in [-0.2, 0) is 11.3 Å². The topological polar surface area (TPSA) is 35.9 Å². The lowest BCUT2D eigenvalue weighted by molar-refractivity contribution is 0.00874. The lowest BCUT2D eigenvalue weighted by Crippen LogP contribution is -2.37. The van der Waals surface area contributed by atoms with Crippen molar-refractivity contribution in [2.75, 3.05) is 45.9 Å². The molecule has 0 saturated carbocycles. The zero-order valence-electron chi connectivity index (χ0n) is 14.7. The molecule has 1 unspecified atom stereocenters. The number of nitrogens with zero attached hydrogens (tertiary/aromatic N) is 2. The van der Waals surface area contributed by atoms with Crippen molar-refractivity contribution in [3.8, 4) is 0 Å². The predicted octanol–water partition coefficient (Wildman–Crippen LogP) is 2.23. The summed E-state index contributed by atoms with van der Waals surface area (Å²) in [6.45, 7) is 11.4. The number of hydrogen-bond donors (Lipinski definition) is 1. The molecular weight excluding hydrogens is 288 g/mol. The molecule has 0 aliphatic carbocycles. The molecule has 1 fully saturated rings. The normalized spacial score (nSPS) is 19.0. The number of β-amino-alcohol motifs (C(OH)–C–C–N with tert-alkyl or cyclic N) is 1. The van der Waals surface area contributed by atoms with Crippen LogP contribution in [0.15, 0.2) is 30.3 Å². The summed E-state index contributed by atoms with van der Waals surface area (Å²) in [4.78, 5) is 4.88. The van der Waals surface area contributed by atoms with Crippen molar-refractivity contribution in [3.63, 3.8) is 0 Å². The van der Waals surface area contributed by atoms with Gasteiger partial charge in [0.25, 0.3) is 0 Å². The van der Waals surface area contributed by atoms with E-state index in [1.165, 1.54) is 5.56 Å². The van der Waals surface area contributed by atoms with Crippen LogP contribution in [0.2, 0.25) is 0 Å². The Hall–Kier alpha value is -0.940. The van der Waals surface area contributed by atoms with Crippen molar-refractivity contribution >= 4 is 0 Å². The van der Waals surface area contributed by atoms with E-state index in [1.807, 2.05) is 0 Å². The smallest absolute Gasteiger partial charge is 0.0900 e. The SMILES string of the molecule is CC(C)COCC(O)CN1CCCN(Cc2ccccc2)CC1. The predicted molar refractivity (Wildman–Crippen MR) is 94.4 cm³/mol. The Morgan fingerprint density at radius 3 is 2.43 bits per heavy atom. The lowest BCUT2D eigenvalue weighted by Gasteiger charge is -2.24. The van der Waals surface area contributed by atoms with Gasteiger partial charge in [0.05, 0.1) is 12.7 Å². The van der Waals surface area contributed by atoms with Crippen LogP contribution in [0.4, 0.5) is 0 Å². The van der Waals surface area contributed by atoms with E-state index in [0.29, 0.717) is 12.5 Å². The van der Waals surface area contributed by atoms with E-state index in [2.05, 4.69) is 54.0 Å². The van der Waals surface area contributed by atoms with E-state index >= 15 is 0 Å². The number of benzene rings is 1. The summed E-state index contributed by atoms with van der Waals surface area (Å²) in [6.07, 6.45) is 0.779. The fourth-order valence-electron chi connectivity index (χ4n) is 3.00. The molecule has 4 heteroatoms. The fraction of sp³-hybridized carbons (Fsp3) is 0.684. The Balaban J connectivity index is 1.69. The average Bonchev–Trinajstić information content (AvgIpc) is 2.73. The minimum atomic E-state index is -0.380. The molecule has 0 spiro atoms. The Bertz CT molecular complexity index is 425. The highest BCUT2D eigenvalue weighted by Crippen LogP contribution is 2.09. The molecule has 0 aromatic heterocycles. The highest BCUT2D eigenvalue weighted by atomic mass is 16.5. The average molecular weight is 320 g/mol. The quantitative estimate of drug-likeness (QED) is 0.797. The van der Waals surface area contributed by atoms with Crippen LogP contribution in [0.3, 0.4) is 0 Å². The number of ether oxygens (including phenoxy) is 1. The number of rotatable bonds is 8. The molecule has 1 atom stereocenters. The fourth-order valence-corrected chi connectivity index (χ4v) is 3.00. The van der Waals surface area contributed by atoms with Crippen LogP contribution in [0.1, 0.15) is 25.8 Å². The second kappa shape index (κ2) is 10.0. The van der Waals surface area contributed by atoms with E-state index in [4.69, 9.17) is 4.74 Å². The third-order valence-electron chi connectivity index (χ3n) is 4.16. The van der Waals surface area contributed by atoms with E-state index in [0.717, 1.165) is 52.3 Å². The molecule has 4 nitrogen and oxygen atoms in total. The summed E-state index contributed by atoms with van der Waals surface area (Å²) in [6, 6.07) is 10.7. The van der Waals surface area contributed by atoms with Crippen molar-refractivity contribution in [2.24, 2.45) is 5.92 Å². The molecule has 23 heavy (non-hydrogen) atoms. The van der Waals surface area contributed by atoms with Gasteiger partial charge in [-0.2, -0.15) is 0 Å². The summed E-state index contributed by atoms with van der Waals surface area (Å²) in [5.74, 6) is 0.520. The van der Waals surface area contributed by atoms with E-state index in [-0.39, 0.29) is 6.10 Å². The van der Waals surface area contributed by atoms with Crippen molar-refractivity contribution in [1.29, 1.82) is 0 Å². The van der Waals surface area contributed by atoms with Crippen LogP contribution in [0.25, 0.3) is 0 Å². The highest BCUT2D eigenvalue weighted by molar-refractivity contribution is 5.14. The zero-order chi connectivity index (χ0) is 16.5. The first-order valence-corrected chi connectivity index (χ1v) is 8.88. The minimum Gasteiger partial charge on any atom is -0.389 e. The molecule has 0 bridgehead atoms. The molecule has 1 aliphatic rings. The molecule has 1 heterocycles. The van der Waals surface area contributed by atoms with E-state index < -0.39 is 0 Å². The van der Waals surface area contributed by atoms with Crippen molar-refractivity contribution in [2.45, 2.75) is 32.9 Å². The van der Waals surface area contributed by atoms with Crippen LogP contribution in [0, 0.1) is 5.92 Å². The number of aliphatic hydroxyl groups is 1. The molecule has 0 radical (unpaired) electrons. The van der Waals surface area contributed by atoms with Gasteiger partial charge in [-0.3, -0.25) is 9.80 Å². The first-order chi connectivity index (χ1) is 11.1. The molecule has 0 amide bonds. The van der Waals surface area contributed by atoms with E-state index in [9.17, 15) is 5.11 Å². The maximum Gasteiger partial charge on any atom is 0.0900 e. The molecule has 1 N–H and O–H groups in total. The van der Waals surface area contributed by atoms with Gasteiger partial charge in [0.15, 0.2) is 0 Å². The second-order valence-electron chi connectivity index (χ2n) is 7.00. The minimum absolute atomic E-state index is 0.380. The van der Waals surface area contributed by atoms with Gasteiger partial charge in [0.1, 0.15) is 0 Å². The summed E-state index contributed by atoms with van der Waals surface area (Å²) in [7, 11) is 0. The van der Waals surface area contributed by atoms with Crippen molar-refractivity contribution < 1.29 is 9.84 Å². The first kappa shape index (κ1) is 18.4. The Morgan fingerprint density at radius 1 is 1.00 bits per heavy atom. The lowest BCUT2D eigenvalue weighted by atomic mass is 10.2. The monoisotopic (exact) mass is 320 g/mol. The Labute approximate surface area is 141 Å². The summed E-state index contributed by atoms with van der Waals surface area (Å²) < 4.78 is 5.54. The largest absolute Gasteiger partial charge is 0.389 e.